The lowest BCUT2D eigenvalue weighted by atomic mass is 10.2. The Morgan fingerprint density at radius 1 is 1.24 bits per heavy atom. The molecule has 0 radical (unpaired) electrons. The van der Waals surface area contributed by atoms with E-state index < -0.39 is 0 Å². The van der Waals surface area contributed by atoms with Crippen LogP contribution in [-0.4, -0.2) is 20.8 Å². The number of thioether (sulfide) groups is 2. The van der Waals surface area contributed by atoms with Crippen molar-refractivity contribution >= 4 is 23.5 Å². The Morgan fingerprint density at radius 3 is 2.76 bits per heavy atom. The normalized spacial score (nSPS) is 10.3. The molecule has 0 amide bonds. The van der Waals surface area contributed by atoms with Gasteiger partial charge in [0.15, 0.2) is 5.69 Å². The summed E-state index contributed by atoms with van der Waals surface area (Å²) in [7, 11) is 0. The number of hydrogen-bond donors (Lipinski definition) is 0. The Morgan fingerprint density at radius 2 is 2.05 bits per heavy atom. The topological polar surface area (TPSA) is 49.6 Å². The molecule has 2 rings (SSSR count). The van der Waals surface area contributed by atoms with Gasteiger partial charge in [0.05, 0.1) is 11.9 Å². The van der Waals surface area contributed by atoms with Crippen molar-refractivity contribution in [2.75, 3.05) is 10.8 Å². The van der Waals surface area contributed by atoms with Crippen molar-refractivity contribution in [3.05, 3.63) is 42.2 Å². The molecule has 2 aromatic rings. The molecule has 0 aliphatic heterocycles. The van der Waals surface area contributed by atoms with Crippen molar-refractivity contribution in [2.45, 2.75) is 24.8 Å². The van der Waals surface area contributed by atoms with Crippen molar-refractivity contribution in [3.63, 3.8) is 0 Å². The van der Waals surface area contributed by atoms with Crippen molar-refractivity contribution < 1.29 is 0 Å². The molecule has 0 bridgehead atoms. The third kappa shape index (κ3) is 4.76. The molecule has 1 aromatic carbocycles. The van der Waals surface area contributed by atoms with E-state index in [0.29, 0.717) is 5.69 Å². The number of rotatable bonds is 7. The lowest BCUT2D eigenvalue weighted by molar-refractivity contribution is 0.897. The number of nitrogens with zero attached hydrogens (tertiary/aromatic N) is 3. The van der Waals surface area contributed by atoms with Gasteiger partial charge >= 0.3 is 0 Å². The highest BCUT2D eigenvalue weighted by atomic mass is 32.2. The maximum absolute atomic E-state index is 9.15. The molecule has 0 aliphatic rings. The molecule has 0 fully saturated rings. The summed E-state index contributed by atoms with van der Waals surface area (Å²) in [4.78, 5) is 8.83. The number of nitriles is 1. The smallest absolute Gasteiger partial charge is 0.172 e. The Bertz CT molecular complexity index is 609. The van der Waals surface area contributed by atoms with Gasteiger partial charge in [0.2, 0.25) is 0 Å². The average Bonchev–Trinajstić information content (AvgIpc) is 2.55. The summed E-state index contributed by atoms with van der Waals surface area (Å²) in [6, 6.07) is 12.0. The van der Waals surface area contributed by atoms with Crippen LogP contribution >= 0.6 is 23.5 Å². The molecule has 5 heteroatoms. The van der Waals surface area contributed by atoms with Crippen LogP contribution in [0.25, 0.3) is 11.3 Å². The Labute approximate surface area is 134 Å². The Balaban J connectivity index is 2.10. The standard InChI is InChI=1S/C16H17N3S2/c1-2-3-9-20-12-21-16-14(10-17)18-11-15(19-16)13-7-5-4-6-8-13/h4-8,11H,2-3,9,12H2,1H3. The zero-order valence-corrected chi connectivity index (χ0v) is 13.6. The van der Waals surface area contributed by atoms with Gasteiger partial charge in [-0.3, -0.25) is 0 Å². The highest BCUT2D eigenvalue weighted by molar-refractivity contribution is 8.15. The van der Waals surface area contributed by atoms with E-state index in [2.05, 4.69) is 23.0 Å². The second kappa shape index (κ2) is 8.71. The Hall–Kier alpha value is -1.51. The van der Waals surface area contributed by atoms with E-state index in [1.165, 1.54) is 12.8 Å². The van der Waals surface area contributed by atoms with Gasteiger partial charge in [-0.1, -0.05) is 55.4 Å². The maximum atomic E-state index is 9.15. The summed E-state index contributed by atoms with van der Waals surface area (Å²) in [5.41, 5.74) is 2.25. The first-order chi connectivity index (χ1) is 10.3. The molecule has 3 nitrogen and oxygen atoms in total. The van der Waals surface area contributed by atoms with Crippen LogP contribution in [0.5, 0.6) is 0 Å². The minimum Gasteiger partial charge on any atom is -0.241 e. The van der Waals surface area contributed by atoms with E-state index in [0.717, 1.165) is 27.1 Å². The van der Waals surface area contributed by atoms with E-state index in [1.54, 1.807) is 18.0 Å². The van der Waals surface area contributed by atoms with Crippen LogP contribution in [0.15, 0.2) is 41.6 Å². The molecule has 108 valence electrons. The first-order valence-corrected chi connectivity index (χ1v) is 9.02. The number of benzene rings is 1. The number of aromatic nitrogens is 2. The van der Waals surface area contributed by atoms with E-state index >= 15 is 0 Å². The van der Waals surface area contributed by atoms with Crippen molar-refractivity contribution in [3.8, 4) is 17.3 Å². The molecule has 21 heavy (non-hydrogen) atoms. The molecule has 1 heterocycles. The highest BCUT2D eigenvalue weighted by Gasteiger charge is 2.09. The van der Waals surface area contributed by atoms with Crippen molar-refractivity contribution in [1.29, 1.82) is 5.26 Å². The first kappa shape index (κ1) is 15.9. The molecule has 0 saturated heterocycles. The minimum absolute atomic E-state index is 0.413. The fourth-order valence-corrected chi connectivity index (χ4v) is 3.84. The lowest BCUT2D eigenvalue weighted by Crippen LogP contribution is -1.95. The van der Waals surface area contributed by atoms with Gasteiger partial charge in [0.25, 0.3) is 0 Å². The zero-order valence-electron chi connectivity index (χ0n) is 12.0. The molecule has 0 aliphatic carbocycles. The van der Waals surface area contributed by atoms with Gasteiger partial charge in [-0.25, -0.2) is 9.97 Å². The van der Waals surface area contributed by atoms with Crippen LogP contribution < -0.4 is 0 Å². The molecule has 0 saturated carbocycles. The lowest BCUT2D eigenvalue weighted by Gasteiger charge is -2.06. The van der Waals surface area contributed by atoms with Crippen LogP contribution in [0, 0.1) is 11.3 Å². The SMILES string of the molecule is CCCCSCSc1nc(-c2ccccc2)cnc1C#N. The van der Waals surface area contributed by atoms with E-state index in [4.69, 9.17) is 5.26 Å². The number of hydrogen-bond acceptors (Lipinski definition) is 5. The predicted octanol–water partition coefficient (Wildman–Crippen LogP) is 4.60. The largest absolute Gasteiger partial charge is 0.241 e. The van der Waals surface area contributed by atoms with Crippen LogP contribution in [0.3, 0.4) is 0 Å². The fourth-order valence-electron chi connectivity index (χ4n) is 1.70. The fraction of sp³-hybridized carbons (Fsp3) is 0.312. The van der Waals surface area contributed by atoms with Gasteiger partial charge in [-0.05, 0) is 12.2 Å². The predicted molar refractivity (Wildman–Crippen MR) is 90.3 cm³/mol. The van der Waals surface area contributed by atoms with Crippen LogP contribution in [0.4, 0.5) is 0 Å². The van der Waals surface area contributed by atoms with Crippen LogP contribution in [-0.2, 0) is 0 Å². The van der Waals surface area contributed by atoms with Crippen LogP contribution in [0.1, 0.15) is 25.5 Å². The first-order valence-electron chi connectivity index (χ1n) is 6.88. The Kier molecular flexibility index (Phi) is 6.58. The molecule has 0 unspecified atom stereocenters. The molecular formula is C16H17N3S2. The van der Waals surface area contributed by atoms with Gasteiger partial charge < -0.3 is 0 Å². The second-order valence-corrected chi connectivity index (χ2v) is 6.85. The average molecular weight is 315 g/mol. The van der Waals surface area contributed by atoms with Gasteiger partial charge in [0, 0.05) is 10.6 Å². The van der Waals surface area contributed by atoms with E-state index in [-0.39, 0.29) is 0 Å². The third-order valence-electron chi connectivity index (χ3n) is 2.84. The third-order valence-corrected chi connectivity index (χ3v) is 5.11. The van der Waals surface area contributed by atoms with Gasteiger partial charge in [-0.2, -0.15) is 17.0 Å². The highest BCUT2D eigenvalue weighted by Crippen LogP contribution is 2.26. The molecule has 0 atom stereocenters. The summed E-state index contributed by atoms with van der Waals surface area (Å²) in [6.07, 6.45) is 4.11. The molecule has 0 spiro atoms. The molecular weight excluding hydrogens is 298 g/mol. The molecule has 1 aromatic heterocycles. The summed E-state index contributed by atoms with van der Waals surface area (Å²) in [5.74, 6) is 1.15. The van der Waals surface area contributed by atoms with Gasteiger partial charge in [0.1, 0.15) is 11.1 Å². The van der Waals surface area contributed by atoms with E-state index in [9.17, 15) is 0 Å². The molecule has 0 N–H and O–H groups in total. The minimum atomic E-state index is 0.413. The van der Waals surface area contributed by atoms with Crippen molar-refractivity contribution in [2.24, 2.45) is 0 Å². The number of unbranched alkanes of at least 4 members (excludes halogenated alkanes) is 1. The summed E-state index contributed by atoms with van der Waals surface area (Å²) < 4.78 is 0. The summed E-state index contributed by atoms with van der Waals surface area (Å²) in [6.45, 7) is 2.19. The van der Waals surface area contributed by atoms with Crippen LogP contribution in [0.2, 0.25) is 0 Å². The summed E-state index contributed by atoms with van der Waals surface area (Å²) >= 11 is 3.48. The summed E-state index contributed by atoms with van der Waals surface area (Å²) in [5, 5.41) is 10.8. The zero-order chi connectivity index (χ0) is 14.9. The monoisotopic (exact) mass is 315 g/mol. The van der Waals surface area contributed by atoms with Crippen molar-refractivity contribution in [1.82, 2.24) is 9.97 Å². The van der Waals surface area contributed by atoms with Gasteiger partial charge in [-0.15, -0.1) is 0 Å². The quantitative estimate of drug-likeness (QED) is 0.424. The maximum Gasteiger partial charge on any atom is 0.172 e. The second-order valence-electron chi connectivity index (χ2n) is 4.41. The van der Waals surface area contributed by atoms with E-state index in [1.807, 2.05) is 42.1 Å².